The van der Waals surface area contributed by atoms with Crippen molar-refractivity contribution < 1.29 is 27.1 Å². The van der Waals surface area contributed by atoms with Gasteiger partial charge in [-0.15, -0.1) is 0 Å². The Bertz CT molecular complexity index is 1240. The van der Waals surface area contributed by atoms with Crippen molar-refractivity contribution in [1.29, 1.82) is 0 Å². The number of fused-ring (bicyclic) bond motifs is 3. The standard InChI is InChI=1S/C24H29FN4O5S/c1-14(2)33-24(30)29-15-4-5-16(29)11-17(10-15)34-23-19-8-9-28(22(19)26-13-27-23)21-7-6-18(12-20(21)25)35(3,31)32/h6-7,12-17H,4-5,8-11H2,1-3H3/t15-,16-/m0/s1. The van der Waals surface area contributed by atoms with Gasteiger partial charge in [-0.25, -0.2) is 27.6 Å². The van der Waals surface area contributed by atoms with Gasteiger partial charge in [-0.05, 0) is 51.3 Å². The molecular weight excluding hydrogens is 475 g/mol. The van der Waals surface area contributed by atoms with Gasteiger partial charge < -0.3 is 19.3 Å². The van der Waals surface area contributed by atoms with Gasteiger partial charge in [0.05, 0.1) is 22.3 Å². The topological polar surface area (TPSA) is 102 Å². The number of hydrogen-bond acceptors (Lipinski definition) is 8. The molecular formula is C24H29FN4O5S. The van der Waals surface area contributed by atoms with E-state index in [1.165, 1.54) is 18.5 Å². The second-order valence-corrected chi connectivity index (χ2v) is 11.7. The van der Waals surface area contributed by atoms with Gasteiger partial charge in [0.15, 0.2) is 9.84 Å². The summed E-state index contributed by atoms with van der Waals surface area (Å²) in [6.07, 6.45) is 5.78. The van der Waals surface area contributed by atoms with E-state index in [0.717, 1.165) is 30.7 Å². The first-order valence-corrected chi connectivity index (χ1v) is 13.8. The Balaban J connectivity index is 1.33. The number of carbonyl (C=O) groups excluding carboxylic acids is 1. The summed E-state index contributed by atoms with van der Waals surface area (Å²) in [5, 5.41) is 0. The van der Waals surface area contributed by atoms with E-state index in [1.54, 1.807) is 4.90 Å². The van der Waals surface area contributed by atoms with Crippen LogP contribution in [-0.4, -0.2) is 66.5 Å². The van der Waals surface area contributed by atoms with E-state index in [2.05, 4.69) is 9.97 Å². The number of nitrogens with zero attached hydrogens (tertiary/aromatic N) is 4. The molecule has 2 aromatic rings. The van der Waals surface area contributed by atoms with Crippen LogP contribution in [0, 0.1) is 5.82 Å². The Kier molecular flexibility index (Phi) is 6.06. The summed E-state index contributed by atoms with van der Waals surface area (Å²) in [5.74, 6) is 0.411. The van der Waals surface area contributed by atoms with E-state index < -0.39 is 15.7 Å². The number of benzene rings is 1. The zero-order chi connectivity index (χ0) is 24.9. The van der Waals surface area contributed by atoms with Crippen LogP contribution >= 0.6 is 0 Å². The minimum atomic E-state index is -3.51. The van der Waals surface area contributed by atoms with Gasteiger partial charge in [-0.1, -0.05) is 0 Å². The van der Waals surface area contributed by atoms with Crippen molar-refractivity contribution in [1.82, 2.24) is 14.9 Å². The molecule has 0 N–H and O–H groups in total. The molecule has 0 saturated carbocycles. The van der Waals surface area contributed by atoms with Gasteiger partial charge in [0.1, 0.15) is 24.1 Å². The van der Waals surface area contributed by atoms with E-state index >= 15 is 0 Å². The molecule has 2 fully saturated rings. The molecule has 9 nitrogen and oxygen atoms in total. The number of anilines is 2. The number of halogens is 1. The Morgan fingerprint density at radius 2 is 1.89 bits per heavy atom. The molecule has 11 heteroatoms. The maximum Gasteiger partial charge on any atom is 0.410 e. The monoisotopic (exact) mass is 504 g/mol. The number of sulfone groups is 1. The molecule has 0 aliphatic carbocycles. The number of aromatic nitrogens is 2. The van der Waals surface area contributed by atoms with E-state index in [0.29, 0.717) is 37.5 Å². The third-order valence-electron chi connectivity index (χ3n) is 6.88. The van der Waals surface area contributed by atoms with Crippen LogP contribution in [-0.2, 0) is 21.0 Å². The van der Waals surface area contributed by atoms with Gasteiger partial charge in [-0.3, -0.25) is 0 Å². The summed E-state index contributed by atoms with van der Waals surface area (Å²) >= 11 is 0. The normalized spacial score (nSPS) is 23.5. The summed E-state index contributed by atoms with van der Waals surface area (Å²) in [4.78, 5) is 24.8. The van der Waals surface area contributed by atoms with Crippen molar-refractivity contribution in [3.63, 3.8) is 0 Å². The van der Waals surface area contributed by atoms with Gasteiger partial charge in [0.25, 0.3) is 0 Å². The largest absolute Gasteiger partial charge is 0.474 e. The number of hydrogen-bond donors (Lipinski definition) is 0. The van der Waals surface area contributed by atoms with Crippen LogP contribution in [0.4, 0.5) is 20.7 Å². The van der Waals surface area contributed by atoms with Crippen LogP contribution in [0.3, 0.4) is 0 Å². The molecule has 1 aromatic heterocycles. The van der Waals surface area contributed by atoms with Gasteiger partial charge >= 0.3 is 6.09 Å². The molecule has 2 bridgehead atoms. The molecule has 35 heavy (non-hydrogen) atoms. The second-order valence-electron chi connectivity index (χ2n) is 9.70. The molecule has 0 spiro atoms. The lowest BCUT2D eigenvalue weighted by Crippen LogP contribution is -2.50. The molecule has 0 unspecified atom stereocenters. The predicted octanol–water partition coefficient (Wildman–Crippen LogP) is 3.63. The fourth-order valence-electron chi connectivity index (χ4n) is 5.38. The quantitative estimate of drug-likeness (QED) is 0.608. The number of carbonyl (C=O) groups is 1. The SMILES string of the molecule is CC(C)OC(=O)N1[C@H]2CC[C@H]1CC(Oc1ncnc3c1CCN3c1ccc(S(C)(=O)=O)cc1F)C2. The molecule has 3 aliphatic heterocycles. The van der Waals surface area contributed by atoms with Crippen molar-refractivity contribution in [2.45, 2.75) is 75.1 Å². The molecule has 5 rings (SSSR count). The van der Waals surface area contributed by atoms with Crippen molar-refractivity contribution in [2.24, 2.45) is 0 Å². The lowest BCUT2D eigenvalue weighted by atomic mass is 10.00. The molecule has 1 aromatic carbocycles. The third kappa shape index (κ3) is 4.53. The first-order chi connectivity index (χ1) is 16.6. The van der Waals surface area contributed by atoms with Crippen molar-refractivity contribution >= 4 is 27.4 Å². The molecule has 0 radical (unpaired) electrons. The zero-order valence-electron chi connectivity index (χ0n) is 20.0. The summed E-state index contributed by atoms with van der Waals surface area (Å²) in [7, 11) is -3.51. The summed E-state index contributed by atoms with van der Waals surface area (Å²) < 4.78 is 50.1. The average Bonchev–Trinajstić information content (AvgIpc) is 3.32. The van der Waals surface area contributed by atoms with Crippen LogP contribution in [0.5, 0.6) is 5.88 Å². The summed E-state index contributed by atoms with van der Waals surface area (Å²) in [6.45, 7) is 4.17. The highest BCUT2D eigenvalue weighted by Gasteiger charge is 2.45. The van der Waals surface area contributed by atoms with Crippen LogP contribution < -0.4 is 9.64 Å². The molecule has 4 heterocycles. The smallest absolute Gasteiger partial charge is 0.410 e. The second kappa shape index (κ2) is 8.92. The number of rotatable bonds is 5. The highest BCUT2D eigenvalue weighted by Crippen LogP contribution is 2.41. The molecule has 2 atom stereocenters. The third-order valence-corrected chi connectivity index (χ3v) is 7.99. The van der Waals surface area contributed by atoms with E-state index in [-0.39, 0.29) is 41.0 Å². The maximum atomic E-state index is 14.9. The fourth-order valence-corrected chi connectivity index (χ4v) is 6.02. The Morgan fingerprint density at radius 1 is 1.17 bits per heavy atom. The van der Waals surface area contributed by atoms with Gasteiger partial charge in [0.2, 0.25) is 5.88 Å². The maximum absolute atomic E-state index is 14.9. The Hall–Kier alpha value is -2.95. The van der Waals surface area contributed by atoms with Gasteiger partial charge in [-0.2, -0.15) is 0 Å². The van der Waals surface area contributed by atoms with Crippen molar-refractivity contribution in [3.8, 4) is 5.88 Å². The van der Waals surface area contributed by atoms with Crippen LogP contribution in [0.25, 0.3) is 0 Å². The van der Waals surface area contributed by atoms with E-state index in [1.807, 2.05) is 18.7 Å². The van der Waals surface area contributed by atoms with Crippen LogP contribution in [0.15, 0.2) is 29.4 Å². The molecule has 188 valence electrons. The first kappa shape index (κ1) is 23.8. The predicted molar refractivity (Wildman–Crippen MR) is 126 cm³/mol. The van der Waals surface area contributed by atoms with Crippen molar-refractivity contribution in [3.05, 3.63) is 35.9 Å². The van der Waals surface area contributed by atoms with E-state index in [4.69, 9.17) is 9.47 Å². The number of ether oxygens (including phenoxy) is 2. The first-order valence-electron chi connectivity index (χ1n) is 11.9. The Labute approximate surface area is 204 Å². The molecule has 2 saturated heterocycles. The molecule has 1 amide bonds. The summed E-state index contributed by atoms with van der Waals surface area (Å²) in [6, 6.07) is 4.07. The lowest BCUT2D eigenvalue weighted by Gasteiger charge is -2.38. The summed E-state index contributed by atoms with van der Waals surface area (Å²) in [5.41, 5.74) is 1.06. The van der Waals surface area contributed by atoms with Crippen molar-refractivity contribution in [2.75, 3.05) is 17.7 Å². The van der Waals surface area contributed by atoms with Crippen LogP contribution in [0.2, 0.25) is 0 Å². The highest BCUT2D eigenvalue weighted by molar-refractivity contribution is 7.90. The lowest BCUT2D eigenvalue weighted by molar-refractivity contribution is 0.0206. The molecule has 3 aliphatic rings. The average molecular weight is 505 g/mol. The van der Waals surface area contributed by atoms with E-state index in [9.17, 15) is 17.6 Å². The Morgan fingerprint density at radius 3 is 2.51 bits per heavy atom. The highest BCUT2D eigenvalue weighted by atomic mass is 32.2. The zero-order valence-corrected chi connectivity index (χ0v) is 20.8. The minimum absolute atomic E-state index is 0.0665. The van der Waals surface area contributed by atoms with Gasteiger partial charge in [0, 0.05) is 37.7 Å². The number of piperidine rings is 1. The van der Waals surface area contributed by atoms with Crippen LogP contribution in [0.1, 0.15) is 45.1 Å². The number of amides is 1. The minimum Gasteiger partial charge on any atom is -0.474 e. The fraction of sp³-hybridized carbons (Fsp3) is 0.542.